The van der Waals surface area contributed by atoms with E-state index in [1.807, 2.05) is 6.07 Å². The van der Waals surface area contributed by atoms with Crippen molar-refractivity contribution in [3.05, 3.63) is 63.8 Å². The molecule has 0 aliphatic heterocycles. The number of hydrogen-bond donors (Lipinski definition) is 1. The van der Waals surface area contributed by atoms with Gasteiger partial charge in [0.15, 0.2) is 0 Å². The quantitative estimate of drug-likeness (QED) is 0.908. The van der Waals surface area contributed by atoms with E-state index in [2.05, 4.69) is 4.98 Å². The minimum atomic E-state index is -4.60. The van der Waals surface area contributed by atoms with Crippen molar-refractivity contribution in [2.45, 2.75) is 6.18 Å². The third-order valence-corrected chi connectivity index (χ3v) is 2.32. The summed E-state index contributed by atoms with van der Waals surface area (Å²) in [6.45, 7) is 0. The van der Waals surface area contributed by atoms with Gasteiger partial charge in [-0.2, -0.15) is 18.2 Å². The Hall–Kier alpha value is -2.37. The molecule has 3 nitrogen and oxygen atoms in total. The lowest BCUT2D eigenvalue weighted by molar-refractivity contribution is -0.141. The van der Waals surface area contributed by atoms with Crippen LogP contribution in [0.4, 0.5) is 13.2 Å². The van der Waals surface area contributed by atoms with Gasteiger partial charge in [-0.3, -0.25) is 0 Å². The highest BCUT2D eigenvalue weighted by Gasteiger charge is 2.32. The van der Waals surface area contributed by atoms with Gasteiger partial charge in [-0.15, -0.1) is 0 Å². The van der Waals surface area contributed by atoms with Crippen LogP contribution in [0, 0.1) is 0 Å². The van der Waals surface area contributed by atoms with Crippen LogP contribution in [-0.4, -0.2) is 9.97 Å². The summed E-state index contributed by atoms with van der Waals surface area (Å²) in [5.41, 5.74) is -1.37. The predicted octanol–water partition coefficient (Wildman–Crippen LogP) is 2.96. The van der Waals surface area contributed by atoms with Gasteiger partial charge in [-0.1, -0.05) is 36.4 Å². The SMILES string of the molecule is O=c1nc(C=Cc2ccccc2)cc(C(F)(F)F)[nH]1. The van der Waals surface area contributed by atoms with Gasteiger partial charge in [-0.05, 0) is 17.7 Å². The van der Waals surface area contributed by atoms with Crippen LogP contribution in [0.1, 0.15) is 17.0 Å². The first-order chi connectivity index (χ1) is 8.95. The lowest BCUT2D eigenvalue weighted by Crippen LogP contribution is -2.19. The number of nitrogens with zero attached hydrogens (tertiary/aromatic N) is 1. The molecule has 19 heavy (non-hydrogen) atoms. The molecule has 0 saturated heterocycles. The van der Waals surface area contributed by atoms with Crippen LogP contribution < -0.4 is 5.69 Å². The first-order valence-corrected chi connectivity index (χ1v) is 5.37. The van der Waals surface area contributed by atoms with Gasteiger partial charge >= 0.3 is 11.9 Å². The molecule has 1 heterocycles. The first kappa shape index (κ1) is 13.1. The Morgan fingerprint density at radius 1 is 1.11 bits per heavy atom. The Balaban J connectivity index is 2.34. The van der Waals surface area contributed by atoms with Crippen molar-refractivity contribution in [1.29, 1.82) is 0 Å². The topological polar surface area (TPSA) is 45.8 Å². The minimum absolute atomic E-state index is 0.0417. The molecule has 0 spiro atoms. The van der Waals surface area contributed by atoms with Crippen molar-refractivity contribution >= 4 is 12.2 Å². The van der Waals surface area contributed by atoms with Crippen molar-refractivity contribution in [3.63, 3.8) is 0 Å². The molecule has 0 radical (unpaired) electrons. The highest BCUT2D eigenvalue weighted by atomic mass is 19.4. The standard InChI is InChI=1S/C13H9F3N2O/c14-13(15,16)11-8-10(17-12(19)18-11)7-6-9-4-2-1-3-5-9/h1-8H,(H,17,18,19). The Morgan fingerprint density at radius 3 is 2.42 bits per heavy atom. The summed E-state index contributed by atoms with van der Waals surface area (Å²) in [4.78, 5) is 16.2. The third-order valence-electron chi connectivity index (χ3n) is 2.32. The fraction of sp³-hybridized carbons (Fsp3) is 0.0769. The van der Waals surface area contributed by atoms with Crippen molar-refractivity contribution in [1.82, 2.24) is 9.97 Å². The molecule has 1 N–H and O–H groups in total. The van der Waals surface area contributed by atoms with E-state index in [1.165, 1.54) is 6.08 Å². The maximum atomic E-state index is 12.5. The lowest BCUT2D eigenvalue weighted by atomic mass is 10.2. The van der Waals surface area contributed by atoms with Crippen LogP contribution in [0.25, 0.3) is 12.2 Å². The molecule has 0 unspecified atom stereocenters. The van der Waals surface area contributed by atoms with Crippen molar-refractivity contribution in [2.75, 3.05) is 0 Å². The van der Waals surface area contributed by atoms with E-state index < -0.39 is 17.6 Å². The maximum absolute atomic E-state index is 12.5. The van der Waals surface area contributed by atoms with Gasteiger partial charge in [0, 0.05) is 0 Å². The number of H-pyrrole nitrogens is 1. The molecule has 0 aliphatic rings. The zero-order chi connectivity index (χ0) is 13.9. The van der Waals surface area contributed by atoms with Crippen molar-refractivity contribution < 1.29 is 13.2 Å². The van der Waals surface area contributed by atoms with Gasteiger partial charge in [-0.25, -0.2) is 4.79 Å². The summed E-state index contributed by atoms with van der Waals surface area (Å²) in [5.74, 6) is 0. The van der Waals surface area contributed by atoms with Gasteiger partial charge in [0.2, 0.25) is 0 Å². The number of nitrogens with one attached hydrogen (secondary N) is 1. The molecule has 0 bridgehead atoms. The number of alkyl halides is 3. The first-order valence-electron chi connectivity index (χ1n) is 5.37. The monoisotopic (exact) mass is 266 g/mol. The molecule has 0 saturated carbocycles. The minimum Gasteiger partial charge on any atom is -0.302 e. The summed E-state index contributed by atoms with van der Waals surface area (Å²) in [7, 11) is 0. The fourth-order valence-electron chi connectivity index (χ4n) is 1.46. The van der Waals surface area contributed by atoms with Crippen LogP contribution in [0.5, 0.6) is 0 Å². The molecule has 6 heteroatoms. The number of rotatable bonds is 2. The summed E-state index contributed by atoms with van der Waals surface area (Å²) in [5, 5.41) is 0. The van der Waals surface area contributed by atoms with E-state index in [9.17, 15) is 18.0 Å². The number of benzene rings is 1. The van der Waals surface area contributed by atoms with Crippen molar-refractivity contribution in [3.8, 4) is 0 Å². The molecule has 0 amide bonds. The molecule has 2 rings (SSSR count). The van der Waals surface area contributed by atoms with E-state index in [4.69, 9.17) is 0 Å². The molecular weight excluding hydrogens is 257 g/mol. The molecular formula is C13H9F3N2O. The van der Waals surface area contributed by atoms with Gasteiger partial charge in [0.1, 0.15) is 5.69 Å². The van der Waals surface area contributed by atoms with E-state index in [0.717, 1.165) is 11.6 Å². The molecule has 98 valence electrons. The van der Waals surface area contributed by atoms with E-state index in [0.29, 0.717) is 0 Å². The molecule has 0 fully saturated rings. The molecule has 0 atom stereocenters. The normalized spacial score (nSPS) is 11.9. The second-order valence-corrected chi connectivity index (χ2v) is 3.77. The van der Waals surface area contributed by atoms with Gasteiger partial charge in [0.25, 0.3) is 0 Å². The number of aromatic amines is 1. The number of aromatic nitrogens is 2. The Bertz CT molecular complexity index is 645. The van der Waals surface area contributed by atoms with Crippen LogP contribution >= 0.6 is 0 Å². The van der Waals surface area contributed by atoms with Crippen molar-refractivity contribution in [2.24, 2.45) is 0 Å². The van der Waals surface area contributed by atoms with E-state index >= 15 is 0 Å². The largest absolute Gasteiger partial charge is 0.431 e. The molecule has 1 aromatic carbocycles. The van der Waals surface area contributed by atoms with Gasteiger partial charge in [0.05, 0.1) is 5.69 Å². The van der Waals surface area contributed by atoms with E-state index in [1.54, 1.807) is 35.3 Å². The highest BCUT2D eigenvalue weighted by Crippen LogP contribution is 2.26. The molecule has 2 aromatic rings. The van der Waals surface area contributed by atoms with Crippen LogP contribution in [0.15, 0.2) is 41.2 Å². The van der Waals surface area contributed by atoms with Crippen LogP contribution in [0.3, 0.4) is 0 Å². The Morgan fingerprint density at radius 2 is 1.79 bits per heavy atom. The lowest BCUT2D eigenvalue weighted by Gasteiger charge is -2.05. The third kappa shape index (κ3) is 3.54. The van der Waals surface area contributed by atoms with E-state index in [-0.39, 0.29) is 5.69 Å². The maximum Gasteiger partial charge on any atom is 0.431 e. The Labute approximate surface area is 106 Å². The second-order valence-electron chi connectivity index (χ2n) is 3.77. The smallest absolute Gasteiger partial charge is 0.302 e. The fourth-order valence-corrected chi connectivity index (χ4v) is 1.46. The summed E-state index contributed by atoms with van der Waals surface area (Å²) >= 11 is 0. The highest BCUT2D eigenvalue weighted by molar-refractivity contribution is 5.67. The van der Waals surface area contributed by atoms with Crippen LogP contribution in [0.2, 0.25) is 0 Å². The zero-order valence-electron chi connectivity index (χ0n) is 9.61. The second kappa shape index (κ2) is 5.09. The molecule has 0 aliphatic carbocycles. The van der Waals surface area contributed by atoms with Gasteiger partial charge < -0.3 is 4.98 Å². The molecule has 1 aromatic heterocycles. The number of halogens is 3. The summed E-state index contributed by atoms with van der Waals surface area (Å²) in [6.07, 6.45) is -1.65. The number of hydrogen-bond acceptors (Lipinski definition) is 2. The average Bonchev–Trinajstić information content (AvgIpc) is 2.36. The Kier molecular flexibility index (Phi) is 3.50. The average molecular weight is 266 g/mol. The predicted molar refractivity (Wildman–Crippen MR) is 65.2 cm³/mol. The summed E-state index contributed by atoms with van der Waals surface area (Å²) in [6, 6.07) is 9.78. The summed E-state index contributed by atoms with van der Waals surface area (Å²) < 4.78 is 37.5. The van der Waals surface area contributed by atoms with Crippen LogP contribution in [-0.2, 0) is 6.18 Å². The zero-order valence-corrected chi connectivity index (χ0v) is 9.61.